The number of rotatable bonds is 0. The summed E-state index contributed by atoms with van der Waals surface area (Å²) in [5.41, 5.74) is 2.69. The molecule has 2 nitrogen and oxygen atoms in total. The summed E-state index contributed by atoms with van der Waals surface area (Å²) >= 11 is 0. The highest BCUT2D eigenvalue weighted by atomic mass is 16.5. The van der Waals surface area contributed by atoms with Crippen molar-refractivity contribution in [3.63, 3.8) is 0 Å². The van der Waals surface area contributed by atoms with Crippen molar-refractivity contribution in [3.05, 3.63) is 29.3 Å². The third-order valence-corrected chi connectivity index (χ3v) is 3.54. The van der Waals surface area contributed by atoms with Gasteiger partial charge in [-0.1, -0.05) is 17.7 Å². The fourth-order valence-electron chi connectivity index (χ4n) is 2.74. The number of nitrogens with one attached hydrogen (secondary N) is 1. The molecule has 2 atom stereocenters. The highest BCUT2D eigenvalue weighted by molar-refractivity contribution is 5.41. The highest BCUT2D eigenvalue weighted by Crippen LogP contribution is 2.39. The van der Waals surface area contributed by atoms with Crippen molar-refractivity contribution in [3.8, 4) is 5.75 Å². The summed E-state index contributed by atoms with van der Waals surface area (Å²) in [6.45, 7) is 4.18. The van der Waals surface area contributed by atoms with Gasteiger partial charge in [-0.05, 0) is 32.4 Å². The van der Waals surface area contributed by atoms with E-state index in [1.807, 2.05) is 0 Å². The molecule has 2 unspecified atom stereocenters. The van der Waals surface area contributed by atoms with Gasteiger partial charge >= 0.3 is 0 Å². The first-order chi connectivity index (χ1) is 7.34. The number of aryl methyl sites for hydroxylation is 1. The fraction of sp³-hybridized carbons (Fsp3) is 0.538. The molecular weight excluding hydrogens is 186 g/mol. The van der Waals surface area contributed by atoms with Crippen LogP contribution >= 0.6 is 0 Å². The summed E-state index contributed by atoms with van der Waals surface area (Å²) in [5, 5.41) is 3.62. The Labute approximate surface area is 90.6 Å². The van der Waals surface area contributed by atoms with Crippen LogP contribution in [-0.4, -0.2) is 13.2 Å². The van der Waals surface area contributed by atoms with Crippen LogP contribution in [-0.2, 0) is 0 Å². The topological polar surface area (TPSA) is 21.3 Å². The van der Waals surface area contributed by atoms with Crippen molar-refractivity contribution in [2.24, 2.45) is 5.92 Å². The van der Waals surface area contributed by atoms with Gasteiger partial charge in [0.1, 0.15) is 5.75 Å². The molecule has 0 aliphatic carbocycles. The van der Waals surface area contributed by atoms with Gasteiger partial charge in [-0.15, -0.1) is 0 Å². The second-order valence-electron chi connectivity index (χ2n) is 4.69. The number of benzene rings is 1. The maximum absolute atomic E-state index is 5.81. The SMILES string of the molecule is Cc1ccc2c(c1)C1NCCCC1CO2. The third kappa shape index (κ3) is 1.53. The van der Waals surface area contributed by atoms with Crippen LogP contribution in [0, 0.1) is 12.8 Å². The molecule has 15 heavy (non-hydrogen) atoms. The van der Waals surface area contributed by atoms with Gasteiger partial charge in [-0.3, -0.25) is 0 Å². The number of hydrogen-bond acceptors (Lipinski definition) is 2. The molecule has 1 aromatic carbocycles. The Kier molecular flexibility index (Phi) is 2.17. The van der Waals surface area contributed by atoms with Gasteiger partial charge in [-0.2, -0.15) is 0 Å². The van der Waals surface area contributed by atoms with Crippen LogP contribution in [0.5, 0.6) is 5.75 Å². The first-order valence-electron chi connectivity index (χ1n) is 5.81. The Bertz CT molecular complexity index is 375. The van der Waals surface area contributed by atoms with Gasteiger partial charge in [-0.25, -0.2) is 0 Å². The quantitative estimate of drug-likeness (QED) is 0.699. The van der Waals surface area contributed by atoms with Crippen LogP contribution in [0.15, 0.2) is 18.2 Å². The molecule has 1 aromatic rings. The molecule has 0 bridgehead atoms. The Balaban J connectivity index is 2.01. The minimum atomic E-state index is 0.530. The largest absolute Gasteiger partial charge is 0.493 e. The molecule has 1 N–H and O–H groups in total. The first-order valence-corrected chi connectivity index (χ1v) is 5.81. The third-order valence-electron chi connectivity index (χ3n) is 3.54. The van der Waals surface area contributed by atoms with E-state index in [4.69, 9.17) is 4.74 Å². The summed E-state index contributed by atoms with van der Waals surface area (Å²) < 4.78 is 5.81. The van der Waals surface area contributed by atoms with Gasteiger partial charge in [0.2, 0.25) is 0 Å². The zero-order valence-electron chi connectivity index (χ0n) is 9.12. The van der Waals surface area contributed by atoms with Crippen molar-refractivity contribution in [1.29, 1.82) is 0 Å². The maximum atomic E-state index is 5.81. The molecule has 0 saturated carbocycles. The predicted octanol–water partition coefficient (Wildman–Crippen LogP) is 2.43. The van der Waals surface area contributed by atoms with Crippen LogP contribution in [0.3, 0.4) is 0 Å². The minimum absolute atomic E-state index is 0.530. The fourth-order valence-corrected chi connectivity index (χ4v) is 2.74. The lowest BCUT2D eigenvalue weighted by atomic mass is 9.84. The maximum Gasteiger partial charge on any atom is 0.124 e. The molecule has 2 aliphatic rings. The monoisotopic (exact) mass is 203 g/mol. The minimum Gasteiger partial charge on any atom is -0.493 e. The van der Waals surface area contributed by atoms with E-state index in [1.54, 1.807) is 0 Å². The highest BCUT2D eigenvalue weighted by Gasteiger charge is 2.32. The average Bonchev–Trinajstić information content (AvgIpc) is 2.29. The van der Waals surface area contributed by atoms with Crippen molar-refractivity contribution in [2.75, 3.05) is 13.2 Å². The molecule has 3 rings (SSSR count). The van der Waals surface area contributed by atoms with E-state index in [1.165, 1.54) is 24.0 Å². The van der Waals surface area contributed by atoms with Crippen LogP contribution < -0.4 is 10.1 Å². The molecule has 2 aliphatic heterocycles. The Morgan fingerprint density at radius 1 is 1.40 bits per heavy atom. The van der Waals surface area contributed by atoms with Gasteiger partial charge in [0, 0.05) is 17.5 Å². The van der Waals surface area contributed by atoms with Crippen LogP contribution in [0.1, 0.15) is 30.0 Å². The lowest BCUT2D eigenvalue weighted by Gasteiger charge is -2.37. The van der Waals surface area contributed by atoms with Crippen LogP contribution in [0.25, 0.3) is 0 Å². The Morgan fingerprint density at radius 3 is 3.27 bits per heavy atom. The Hall–Kier alpha value is -1.02. The molecule has 80 valence electrons. The van der Waals surface area contributed by atoms with Crippen molar-refractivity contribution in [1.82, 2.24) is 5.32 Å². The number of hydrogen-bond donors (Lipinski definition) is 1. The summed E-state index contributed by atoms with van der Waals surface area (Å²) in [4.78, 5) is 0. The van der Waals surface area contributed by atoms with Crippen molar-refractivity contribution in [2.45, 2.75) is 25.8 Å². The van der Waals surface area contributed by atoms with E-state index in [0.29, 0.717) is 12.0 Å². The predicted molar refractivity (Wildman–Crippen MR) is 60.1 cm³/mol. The molecular formula is C13H17NO. The van der Waals surface area contributed by atoms with E-state index >= 15 is 0 Å². The summed E-state index contributed by atoms with van der Waals surface area (Å²) in [7, 11) is 0. The summed E-state index contributed by atoms with van der Waals surface area (Å²) in [6, 6.07) is 7.03. The molecule has 0 amide bonds. The normalized spacial score (nSPS) is 28.9. The Morgan fingerprint density at radius 2 is 2.33 bits per heavy atom. The second kappa shape index (κ2) is 3.53. The zero-order chi connectivity index (χ0) is 10.3. The molecule has 0 radical (unpaired) electrons. The zero-order valence-corrected chi connectivity index (χ0v) is 9.12. The van der Waals surface area contributed by atoms with Crippen molar-refractivity contribution < 1.29 is 4.74 Å². The van der Waals surface area contributed by atoms with Gasteiger partial charge in [0.25, 0.3) is 0 Å². The lowest BCUT2D eigenvalue weighted by Crippen LogP contribution is -2.39. The molecule has 2 heterocycles. The average molecular weight is 203 g/mol. The summed E-state index contributed by atoms with van der Waals surface area (Å²) in [6.07, 6.45) is 2.58. The van der Waals surface area contributed by atoms with Gasteiger partial charge < -0.3 is 10.1 Å². The first kappa shape index (κ1) is 9.22. The van der Waals surface area contributed by atoms with Gasteiger partial charge in [0.05, 0.1) is 6.61 Å². The van der Waals surface area contributed by atoms with E-state index in [-0.39, 0.29) is 0 Å². The summed E-state index contributed by atoms with van der Waals surface area (Å²) in [5.74, 6) is 1.75. The molecule has 0 aromatic heterocycles. The number of ether oxygens (including phenoxy) is 1. The lowest BCUT2D eigenvalue weighted by molar-refractivity contribution is 0.147. The van der Waals surface area contributed by atoms with Crippen molar-refractivity contribution >= 4 is 0 Å². The second-order valence-corrected chi connectivity index (χ2v) is 4.69. The number of piperidine rings is 1. The number of fused-ring (bicyclic) bond motifs is 3. The molecule has 2 heteroatoms. The van der Waals surface area contributed by atoms with E-state index < -0.39 is 0 Å². The smallest absolute Gasteiger partial charge is 0.124 e. The van der Waals surface area contributed by atoms with E-state index in [9.17, 15) is 0 Å². The standard InChI is InChI=1S/C13H17NO/c1-9-4-5-12-11(7-9)13-10(8-15-12)3-2-6-14-13/h4-5,7,10,13-14H,2-3,6,8H2,1H3. The molecule has 1 fully saturated rings. The van der Waals surface area contributed by atoms with Crippen LogP contribution in [0.4, 0.5) is 0 Å². The van der Waals surface area contributed by atoms with Gasteiger partial charge in [0.15, 0.2) is 0 Å². The van der Waals surface area contributed by atoms with Crippen LogP contribution in [0.2, 0.25) is 0 Å². The molecule has 0 spiro atoms. The van der Waals surface area contributed by atoms with E-state index in [2.05, 4.69) is 30.4 Å². The molecule has 1 saturated heterocycles. The van der Waals surface area contributed by atoms with E-state index in [0.717, 1.165) is 18.9 Å².